The third kappa shape index (κ3) is 1.62. The SMILES string of the molecule is NC1(c2ncc(Cl)cc2F)CCCC1. The molecule has 2 N–H and O–H groups in total. The van der Waals surface area contributed by atoms with Gasteiger partial charge < -0.3 is 5.73 Å². The maximum absolute atomic E-state index is 13.5. The van der Waals surface area contributed by atoms with Crippen LogP contribution in [0.1, 0.15) is 31.4 Å². The van der Waals surface area contributed by atoms with Gasteiger partial charge in [-0.15, -0.1) is 0 Å². The van der Waals surface area contributed by atoms with Crippen LogP contribution in [0, 0.1) is 5.82 Å². The van der Waals surface area contributed by atoms with Crippen molar-refractivity contribution in [2.45, 2.75) is 31.2 Å². The van der Waals surface area contributed by atoms with Crippen LogP contribution in [-0.2, 0) is 5.54 Å². The van der Waals surface area contributed by atoms with Gasteiger partial charge in [0, 0.05) is 6.20 Å². The Bertz CT molecular complexity index is 348. The number of rotatable bonds is 1. The zero-order valence-corrected chi connectivity index (χ0v) is 8.52. The average Bonchev–Trinajstić information content (AvgIpc) is 2.52. The molecule has 0 unspecified atom stereocenters. The summed E-state index contributed by atoms with van der Waals surface area (Å²) in [5, 5.41) is 0.313. The molecule has 1 fully saturated rings. The number of nitrogens with two attached hydrogens (primary N) is 1. The normalized spacial score (nSPS) is 19.9. The van der Waals surface area contributed by atoms with Crippen LogP contribution in [0.5, 0.6) is 0 Å². The van der Waals surface area contributed by atoms with Gasteiger partial charge in [0.1, 0.15) is 5.82 Å². The summed E-state index contributed by atoms with van der Waals surface area (Å²) in [6, 6.07) is 1.27. The van der Waals surface area contributed by atoms with Crippen molar-refractivity contribution in [2.75, 3.05) is 0 Å². The quantitative estimate of drug-likeness (QED) is 0.781. The van der Waals surface area contributed by atoms with Crippen molar-refractivity contribution in [2.24, 2.45) is 5.73 Å². The summed E-state index contributed by atoms with van der Waals surface area (Å²) in [7, 11) is 0. The van der Waals surface area contributed by atoms with Crippen LogP contribution in [0.25, 0.3) is 0 Å². The minimum absolute atomic E-state index is 0.313. The molecule has 14 heavy (non-hydrogen) atoms. The molecule has 0 amide bonds. The number of hydrogen-bond acceptors (Lipinski definition) is 2. The maximum atomic E-state index is 13.5. The molecule has 1 aliphatic rings. The summed E-state index contributed by atoms with van der Waals surface area (Å²) in [4.78, 5) is 4.00. The van der Waals surface area contributed by atoms with Crippen molar-refractivity contribution in [3.63, 3.8) is 0 Å². The Morgan fingerprint density at radius 2 is 2.07 bits per heavy atom. The number of pyridine rings is 1. The lowest BCUT2D eigenvalue weighted by atomic mass is 9.94. The van der Waals surface area contributed by atoms with Crippen molar-refractivity contribution in [3.8, 4) is 0 Å². The minimum Gasteiger partial charge on any atom is -0.320 e. The Labute approximate surface area is 87.3 Å². The van der Waals surface area contributed by atoms with E-state index in [4.69, 9.17) is 17.3 Å². The van der Waals surface area contributed by atoms with Gasteiger partial charge in [0.15, 0.2) is 0 Å². The first-order valence-corrected chi connectivity index (χ1v) is 5.10. The highest BCUT2D eigenvalue weighted by molar-refractivity contribution is 6.30. The fourth-order valence-electron chi connectivity index (χ4n) is 2.02. The van der Waals surface area contributed by atoms with Gasteiger partial charge in [0.25, 0.3) is 0 Å². The second-order valence-corrected chi connectivity index (χ2v) is 4.28. The van der Waals surface area contributed by atoms with E-state index < -0.39 is 5.54 Å². The van der Waals surface area contributed by atoms with Gasteiger partial charge in [-0.2, -0.15) is 0 Å². The predicted molar refractivity (Wildman–Crippen MR) is 53.5 cm³/mol. The summed E-state index contributed by atoms with van der Waals surface area (Å²) in [6.07, 6.45) is 5.14. The molecule has 2 rings (SSSR count). The van der Waals surface area contributed by atoms with Gasteiger partial charge in [-0.3, -0.25) is 4.98 Å². The van der Waals surface area contributed by atoms with Crippen molar-refractivity contribution in [3.05, 3.63) is 28.8 Å². The molecule has 1 heterocycles. The molecular formula is C10H12ClFN2. The largest absolute Gasteiger partial charge is 0.320 e. The van der Waals surface area contributed by atoms with E-state index in [9.17, 15) is 4.39 Å². The molecule has 4 heteroatoms. The molecule has 1 aromatic rings. The third-order valence-corrected chi connectivity index (χ3v) is 2.98. The van der Waals surface area contributed by atoms with Crippen molar-refractivity contribution < 1.29 is 4.39 Å². The van der Waals surface area contributed by atoms with Crippen LogP contribution >= 0.6 is 11.6 Å². The maximum Gasteiger partial charge on any atom is 0.148 e. The van der Waals surface area contributed by atoms with Crippen LogP contribution in [0.3, 0.4) is 0 Å². The van der Waals surface area contributed by atoms with Crippen LogP contribution in [0.2, 0.25) is 5.02 Å². The zero-order valence-electron chi connectivity index (χ0n) is 7.76. The fraction of sp³-hybridized carbons (Fsp3) is 0.500. The lowest BCUT2D eigenvalue weighted by molar-refractivity contribution is 0.417. The van der Waals surface area contributed by atoms with Crippen molar-refractivity contribution >= 4 is 11.6 Å². The monoisotopic (exact) mass is 214 g/mol. The second kappa shape index (κ2) is 3.48. The topological polar surface area (TPSA) is 38.9 Å². The molecule has 1 saturated carbocycles. The summed E-state index contributed by atoms with van der Waals surface area (Å²) < 4.78 is 13.5. The van der Waals surface area contributed by atoms with Gasteiger partial charge in [0.2, 0.25) is 0 Å². The molecular weight excluding hydrogens is 203 g/mol. The third-order valence-electron chi connectivity index (χ3n) is 2.78. The molecule has 76 valence electrons. The molecule has 0 radical (unpaired) electrons. The molecule has 2 nitrogen and oxygen atoms in total. The average molecular weight is 215 g/mol. The first-order valence-electron chi connectivity index (χ1n) is 4.72. The van der Waals surface area contributed by atoms with Gasteiger partial charge in [0.05, 0.1) is 16.3 Å². The van der Waals surface area contributed by atoms with E-state index in [2.05, 4.69) is 4.98 Å². The highest BCUT2D eigenvalue weighted by atomic mass is 35.5. The van der Waals surface area contributed by atoms with E-state index in [0.29, 0.717) is 10.7 Å². The summed E-state index contributed by atoms with van der Waals surface area (Å²) >= 11 is 5.63. The van der Waals surface area contributed by atoms with E-state index in [1.54, 1.807) is 0 Å². The Kier molecular flexibility index (Phi) is 2.45. The number of nitrogens with zero attached hydrogens (tertiary/aromatic N) is 1. The van der Waals surface area contributed by atoms with Gasteiger partial charge in [-0.25, -0.2) is 4.39 Å². The standard InChI is InChI=1S/C10H12ClFN2/c11-7-5-8(12)9(14-6-7)10(13)3-1-2-4-10/h5-6H,1-4,13H2. The molecule has 1 aromatic heterocycles. The lowest BCUT2D eigenvalue weighted by Gasteiger charge is -2.23. The molecule has 0 saturated heterocycles. The van der Waals surface area contributed by atoms with Gasteiger partial charge in [-0.1, -0.05) is 24.4 Å². The molecule has 0 aliphatic heterocycles. The Morgan fingerprint density at radius 1 is 1.43 bits per heavy atom. The highest BCUT2D eigenvalue weighted by Gasteiger charge is 2.34. The van der Waals surface area contributed by atoms with E-state index in [1.807, 2.05) is 0 Å². The second-order valence-electron chi connectivity index (χ2n) is 3.85. The molecule has 1 aliphatic carbocycles. The zero-order chi connectivity index (χ0) is 10.2. The van der Waals surface area contributed by atoms with E-state index in [-0.39, 0.29) is 5.82 Å². The highest BCUT2D eigenvalue weighted by Crippen LogP contribution is 2.36. The minimum atomic E-state index is -0.575. The smallest absolute Gasteiger partial charge is 0.148 e. The summed E-state index contributed by atoms with van der Waals surface area (Å²) in [6.45, 7) is 0. The van der Waals surface area contributed by atoms with Crippen molar-refractivity contribution in [1.82, 2.24) is 4.98 Å². The van der Waals surface area contributed by atoms with Crippen LogP contribution in [0.4, 0.5) is 4.39 Å². The van der Waals surface area contributed by atoms with Crippen LogP contribution < -0.4 is 5.73 Å². The fourth-order valence-corrected chi connectivity index (χ4v) is 2.17. The van der Waals surface area contributed by atoms with E-state index >= 15 is 0 Å². The molecule has 0 atom stereocenters. The lowest BCUT2D eigenvalue weighted by Crippen LogP contribution is -2.35. The summed E-state index contributed by atoms with van der Waals surface area (Å²) in [5.74, 6) is -0.387. The number of aromatic nitrogens is 1. The van der Waals surface area contributed by atoms with Gasteiger partial charge >= 0.3 is 0 Å². The predicted octanol–water partition coefficient (Wildman–Crippen LogP) is 2.60. The van der Waals surface area contributed by atoms with Crippen LogP contribution in [-0.4, -0.2) is 4.98 Å². The molecule has 0 spiro atoms. The summed E-state index contributed by atoms with van der Waals surface area (Å²) in [5.41, 5.74) is 5.87. The Balaban J connectivity index is 2.40. The first-order chi connectivity index (χ1) is 6.62. The van der Waals surface area contributed by atoms with Gasteiger partial charge in [-0.05, 0) is 18.9 Å². The van der Waals surface area contributed by atoms with Crippen LogP contribution in [0.15, 0.2) is 12.3 Å². The van der Waals surface area contributed by atoms with E-state index in [1.165, 1.54) is 12.3 Å². The Hall–Kier alpha value is -0.670. The first kappa shape index (κ1) is 9.87. The van der Waals surface area contributed by atoms with Crippen molar-refractivity contribution in [1.29, 1.82) is 0 Å². The Morgan fingerprint density at radius 3 is 2.64 bits per heavy atom. The number of hydrogen-bond donors (Lipinski definition) is 1. The van der Waals surface area contributed by atoms with E-state index in [0.717, 1.165) is 25.7 Å². The molecule has 0 bridgehead atoms. The molecule has 0 aromatic carbocycles. The number of halogens is 2.